The summed E-state index contributed by atoms with van der Waals surface area (Å²) in [6.45, 7) is 2.61. The molecule has 140 valence electrons. The lowest BCUT2D eigenvalue weighted by atomic mass is 10.3. The standard InChI is InChI=1S/C15H22F2N4O2S2/c1-19(2)7-6-18-15(24)20-8-10-21(11-9-20)25(22,23)14-12(16)4-3-5-13(14)17/h3-5H,6-11H2,1-2H3,(H,18,24)/p+1. The summed E-state index contributed by atoms with van der Waals surface area (Å²) in [7, 11) is -0.135. The molecule has 0 amide bonds. The van der Waals surface area contributed by atoms with Crippen molar-refractivity contribution in [1.82, 2.24) is 14.5 Å². The summed E-state index contributed by atoms with van der Waals surface area (Å²) in [5, 5.41) is 3.70. The molecular formula is C15H23F2N4O2S2+. The Morgan fingerprint density at radius 1 is 1.20 bits per heavy atom. The van der Waals surface area contributed by atoms with E-state index >= 15 is 0 Å². The van der Waals surface area contributed by atoms with Gasteiger partial charge in [0.05, 0.1) is 27.2 Å². The molecule has 2 rings (SSSR count). The van der Waals surface area contributed by atoms with Gasteiger partial charge in [0.25, 0.3) is 0 Å². The van der Waals surface area contributed by atoms with Gasteiger partial charge < -0.3 is 15.1 Å². The van der Waals surface area contributed by atoms with Crippen LogP contribution in [-0.2, 0) is 10.0 Å². The number of halogens is 2. The van der Waals surface area contributed by atoms with Gasteiger partial charge in [-0.05, 0) is 24.4 Å². The van der Waals surface area contributed by atoms with Crippen LogP contribution in [0.3, 0.4) is 0 Å². The van der Waals surface area contributed by atoms with Crippen LogP contribution in [0.5, 0.6) is 0 Å². The highest BCUT2D eigenvalue weighted by molar-refractivity contribution is 7.89. The van der Waals surface area contributed by atoms with E-state index in [4.69, 9.17) is 12.2 Å². The van der Waals surface area contributed by atoms with Crippen LogP contribution in [0.4, 0.5) is 8.78 Å². The molecule has 1 aliphatic rings. The predicted octanol–water partition coefficient (Wildman–Crippen LogP) is -0.710. The van der Waals surface area contributed by atoms with E-state index in [1.165, 1.54) is 4.90 Å². The summed E-state index contributed by atoms with van der Waals surface area (Å²) in [5.74, 6) is -2.16. The van der Waals surface area contributed by atoms with Gasteiger partial charge in [-0.15, -0.1) is 0 Å². The third-order valence-corrected chi connectivity index (χ3v) is 6.30. The van der Waals surface area contributed by atoms with Crippen molar-refractivity contribution in [3.63, 3.8) is 0 Å². The van der Waals surface area contributed by atoms with E-state index in [1.807, 2.05) is 19.0 Å². The number of hydrogen-bond donors (Lipinski definition) is 2. The number of benzene rings is 1. The fraction of sp³-hybridized carbons (Fsp3) is 0.533. The Labute approximate surface area is 152 Å². The number of quaternary nitrogens is 1. The number of sulfonamides is 1. The number of rotatable bonds is 5. The zero-order valence-corrected chi connectivity index (χ0v) is 15.9. The predicted molar refractivity (Wildman–Crippen MR) is 95.0 cm³/mol. The second kappa shape index (κ2) is 8.35. The van der Waals surface area contributed by atoms with Gasteiger partial charge in [-0.2, -0.15) is 4.31 Å². The van der Waals surface area contributed by atoms with Crippen LogP contribution < -0.4 is 10.2 Å². The average Bonchev–Trinajstić information content (AvgIpc) is 2.54. The van der Waals surface area contributed by atoms with E-state index in [1.54, 1.807) is 0 Å². The highest BCUT2D eigenvalue weighted by Gasteiger charge is 2.33. The molecule has 1 heterocycles. The van der Waals surface area contributed by atoms with Crippen LogP contribution in [0.25, 0.3) is 0 Å². The van der Waals surface area contributed by atoms with Crippen LogP contribution in [0.1, 0.15) is 0 Å². The van der Waals surface area contributed by atoms with Gasteiger partial charge in [-0.3, -0.25) is 0 Å². The molecule has 0 spiro atoms. The van der Waals surface area contributed by atoms with E-state index < -0.39 is 26.6 Å². The van der Waals surface area contributed by atoms with E-state index in [0.717, 1.165) is 35.6 Å². The number of nitrogens with zero attached hydrogens (tertiary/aromatic N) is 2. The molecule has 1 aromatic carbocycles. The van der Waals surface area contributed by atoms with Crippen LogP contribution >= 0.6 is 12.2 Å². The van der Waals surface area contributed by atoms with Crippen molar-refractivity contribution in [3.8, 4) is 0 Å². The largest absolute Gasteiger partial charge is 0.357 e. The summed E-state index contributed by atoms with van der Waals surface area (Å²) in [6.07, 6.45) is 0. The molecule has 0 unspecified atom stereocenters. The van der Waals surface area contributed by atoms with Gasteiger partial charge in [0.2, 0.25) is 10.0 Å². The number of piperazine rings is 1. The molecular weight excluding hydrogens is 370 g/mol. The Morgan fingerprint density at radius 2 is 1.76 bits per heavy atom. The molecule has 1 aromatic rings. The third-order valence-electron chi connectivity index (χ3n) is 3.94. The summed E-state index contributed by atoms with van der Waals surface area (Å²) < 4.78 is 53.8. The van der Waals surface area contributed by atoms with Crippen LogP contribution in [0.15, 0.2) is 23.1 Å². The molecule has 0 saturated carbocycles. The van der Waals surface area contributed by atoms with Crippen molar-refractivity contribution in [1.29, 1.82) is 0 Å². The van der Waals surface area contributed by atoms with Crippen LogP contribution in [-0.4, -0.2) is 76.1 Å². The molecule has 0 aromatic heterocycles. The second-order valence-corrected chi connectivity index (χ2v) is 8.39. The van der Waals surface area contributed by atoms with Crippen molar-refractivity contribution < 1.29 is 22.1 Å². The first-order valence-electron chi connectivity index (χ1n) is 7.99. The Hall–Kier alpha value is -1.36. The smallest absolute Gasteiger partial charge is 0.249 e. The molecule has 6 nitrogen and oxygen atoms in total. The average molecular weight is 394 g/mol. The van der Waals surface area contributed by atoms with Crippen molar-refractivity contribution in [2.24, 2.45) is 0 Å². The van der Waals surface area contributed by atoms with Gasteiger partial charge in [-0.25, -0.2) is 17.2 Å². The maximum Gasteiger partial charge on any atom is 0.249 e. The summed E-state index contributed by atoms with van der Waals surface area (Å²) in [4.78, 5) is 2.26. The molecule has 1 aliphatic heterocycles. The van der Waals surface area contributed by atoms with Gasteiger partial charge in [0, 0.05) is 26.2 Å². The number of nitrogens with one attached hydrogen (secondary N) is 2. The van der Waals surface area contributed by atoms with Crippen LogP contribution in [0.2, 0.25) is 0 Å². The Balaban J connectivity index is 1.98. The van der Waals surface area contributed by atoms with Gasteiger partial charge in [0.15, 0.2) is 10.0 Å². The molecule has 1 saturated heterocycles. The lowest BCUT2D eigenvalue weighted by molar-refractivity contribution is -0.856. The lowest BCUT2D eigenvalue weighted by Gasteiger charge is -2.35. The highest BCUT2D eigenvalue weighted by Crippen LogP contribution is 2.23. The molecule has 1 fully saturated rings. The first kappa shape index (κ1) is 20.0. The molecule has 2 N–H and O–H groups in total. The molecule has 10 heteroatoms. The van der Waals surface area contributed by atoms with Crippen LogP contribution in [0, 0.1) is 11.6 Å². The summed E-state index contributed by atoms with van der Waals surface area (Å²) in [6, 6.07) is 3.02. The lowest BCUT2D eigenvalue weighted by Crippen LogP contribution is -3.06. The minimum atomic E-state index is -4.21. The number of hydrogen-bond acceptors (Lipinski definition) is 3. The van der Waals surface area contributed by atoms with Crippen molar-refractivity contribution in [2.45, 2.75) is 4.90 Å². The topological polar surface area (TPSA) is 57.1 Å². The Morgan fingerprint density at radius 3 is 2.28 bits per heavy atom. The normalized spacial score (nSPS) is 16.3. The number of thiocarbonyl (C=S) groups is 1. The molecule has 25 heavy (non-hydrogen) atoms. The van der Waals surface area contributed by atoms with Crippen molar-refractivity contribution >= 4 is 27.4 Å². The third kappa shape index (κ3) is 4.84. The fourth-order valence-electron chi connectivity index (χ4n) is 2.52. The van der Waals surface area contributed by atoms with E-state index in [0.29, 0.717) is 18.2 Å². The van der Waals surface area contributed by atoms with Gasteiger partial charge >= 0.3 is 0 Å². The minimum Gasteiger partial charge on any atom is -0.357 e. The minimum absolute atomic E-state index is 0.122. The Kier molecular flexibility index (Phi) is 6.66. The highest BCUT2D eigenvalue weighted by atomic mass is 32.2. The zero-order valence-electron chi connectivity index (χ0n) is 14.3. The van der Waals surface area contributed by atoms with Gasteiger partial charge in [-0.1, -0.05) is 6.07 Å². The van der Waals surface area contributed by atoms with E-state index in [2.05, 4.69) is 5.32 Å². The zero-order chi connectivity index (χ0) is 18.6. The SMILES string of the molecule is C[NH+](C)CCNC(=S)N1CCN(S(=O)(=O)c2c(F)cccc2F)CC1. The Bertz CT molecular complexity index is 700. The van der Waals surface area contributed by atoms with Crippen molar-refractivity contribution in [2.75, 3.05) is 53.4 Å². The second-order valence-electron chi connectivity index (χ2n) is 6.13. The summed E-state index contributed by atoms with van der Waals surface area (Å²) in [5.41, 5.74) is 0. The monoisotopic (exact) mass is 393 g/mol. The van der Waals surface area contributed by atoms with Gasteiger partial charge in [0.1, 0.15) is 11.6 Å². The first-order chi connectivity index (χ1) is 11.7. The number of likely N-dealkylation sites (N-methyl/N-ethyl adjacent to an activating group) is 1. The quantitative estimate of drug-likeness (QED) is 0.648. The maximum absolute atomic E-state index is 13.8. The van der Waals surface area contributed by atoms with E-state index in [-0.39, 0.29) is 13.1 Å². The summed E-state index contributed by atoms with van der Waals surface area (Å²) >= 11 is 5.31. The first-order valence-corrected chi connectivity index (χ1v) is 9.84. The molecule has 0 radical (unpaired) electrons. The maximum atomic E-state index is 13.8. The van der Waals surface area contributed by atoms with Crippen molar-refractivity contribution in [3.05, 3.63) is 29.8 Å². The molecule has 0 bridgehead atoms. The molecule has 0 aliphatic carbocycles. The molecule has 0 atom stereocenters. The van der Waals surface area contributed by atoms with E-state index in [9.17, 15) is 17.2 Å². The fourth-order valence-corrected chi connectivity index (χ4v) is 4.34.